The van der Waals surface area contributed by atoms with Gasteiger partial charge in [-0.1, -0.05) is 6.07 Å². The van der Waals surface area contributed by atoms with E-state index in [0.29, 0.717) is 13.1 Å². The maximum Gasteiger partial charge on any atom is 0.194 e. The van der Waals surface area contributed by atoms with Gasteiger partial charge in [-0.25, -0.2) is 4.98 Å². The minimum atomic E-state index is 0.636. The third-order valence-electron chi connectivity index (χ3n) is 3.29. The molecular formula is C14H21N7. The highest BCUT2D eigenvalue weighted by Crippen LogP contribution is 2.03. The van der Waals surface area contributed by atoms with E-state index in [1.165, 1.54) is 0 Å². The molecule has 0 atom stereocenters. The van der Waals surface area contributed by atoms with Crippen molar-refractivity contribution in [2.45, 2.75) is 20.0 Å². The quantitative estimate of drug-likeness (QED) is 0.663. The third kappa shape index (κ3) is 3.77. The summed E-state index contributed by atoms with van der Waals surface area (Å²) < 4.78 is 1.76. The van der Waals surface area contributed by atoms with Crippen LogP contribution in [0.1, 0.15) is 17.1 Å². The van der Waals surface area contributed by atoms with Crippen molar-refractivity contribution in [1.82, 2.24) is 30.0 Å². The fourth-order valence-electron chi connectivity index (χ4n) is 2.00. The van der Waals surface area contributed by atoms with Gasteiger partial charge in [-0.05, 0) is 18.6 Å². The van der Waals surface area contributed by atoms with Crippen LogP contribution in [0.15, 0.2) is 29.6 Å². The van der Waals surface area contributed by atoms with Gasteiger partial charge in [0.05, 0.1) is 18.8 Å². The lowest BCUT2D eigenvalue weighted by atomic mass is 10.2. The summed E-state index contributed by atoms with van der Waals surface area (Å²) in [6.45, 7) is 3.33. The summed E-state index contributed by atoms with van der Waals surface area (Å²) in [7, 11) is 5.61. The second-order valence-corrected chi connectivity index (χ2v) is 4.82. The number of pyridine rings is 1. The van der Waals surface area contributed by atoms with E-state index in [1.54, 1.807) is 24.3 Å². The fraction of sp³-hybridized carbons (Fsp3) is 0.429. The summed E-state index contributed by atoms with van der Waals surface area (Å²) in [5.74, 6) is 1.68. The van der Waals surface area contributed by atoms with Gasteiger partial charge in [-0.15, -0.1) is 0 Å². The van der Waals surface area contributed by atoms with Crippen LogP contribution in [-0.4, -0.2) is 44.7 Å². The molecule has 0 aliphatic carbocycles. The van der Waals surface area contributed by atoms with Crippen LogP contribution >= 0.6 is 0 Å². The van der Waals surface area contributed by atoms with E-state index >= 15 is 0 Å². The Bertz CT molecular complexity index is 617. The molecule has 0 fully saturated rings. The van der Waals surface area contributed by atoms with Gasteiger partial charge >= 0.3 is 0 Å². The Hall–Kier alpha value is -2.44. The standard InChI is InChI=1S/C14H21N7/c1-11-6-5-7-16-12(11)8-17-14(15-2)20(3)9-13-18-10-19-21(13)4/h5-7,10H,8-9H2,1-4H3,(H,15,17). The van der Waals surface area contributed by atoms with Gasteiger partial charge in [-0.3, -0.25) is 14.7 Å². The van der Waals surface area contributed by atoms with Crippen LogP contribution in [-0.2, 0) is 20.1 Å². The lowest BCUT2D eigenvalue weighted by Gasteiger charge is -2.21. The molecule has 2 heterocycles. The highest BCUT2D eigenvalue weighted by Gasteiger charge is 2.10. The van der Waals surface area contributed by atoms with Crippen LogP contribution in [0.3, 0.4) is 0 Å². The number of guanidine groups is 1. The number of hydrogen-bond acceptors (Lipinski definition) is 4. The first kappa shape index (κ1) is 15.0. The summed E-state index contributed by atoms with van der Waals surface area (Å²) in [6, 6.07) is 3.99. The second kappa shape index (κ2) is 6.83. The Morgan fingerprint density at radius 2 is 2.24 bits per heavy atom. The highest BCUT2D eigenvalue weighted by atomic mass is 15.4. The van der Waals surface area contributed by atoms with E-state index in [9.17, 15) is 0 Å². The second-order valence-electron chi connectivity index (χ2n) is 4.82. The highest BCUT2D eigenvalue weighted by molar-refractivity contribution is 5.79. The van der Waals surface area contributed by atoms with Gasteiger partial charge < -0.3 is 10.2 Å². The molecule has 0 saturated heterocycles. The minimum absolute atomic E-state index is 0.636. The zero-order valence-electron chi connectivity index (χ0n) is 12.9. The summed E-state index contributed by atoms with van der Waals surface area (Å²) in [4.78, 5) is 14.9. The van der Waals surface area contributed by atoms with Gasteiger partial charge in [0, 0.05) is 27.3 Å². The average Bonchev–Trinajstić information content (AvgIpc) is 2.87. The van der Waals surface area contributed by atoms with Crippen LogP contribution in [0.4, 0.5) is 0 Å². The summed E-state index contributed by atoms with van der Waals surface area (Å²) in [5, 5.41) is 7.38. The van der Waals surface area contributed by atoms with E-state index < -0.39 is 0 Å². The summed E-state index contributed by atoms with van der Waals surface area (Å²) in [6.07, 6.45) is 3.35. The number of rotatable bonds is 4. The first-order valence-corrected chi connectivity index (χ1v) is 6.77. The van der Waals surface area contributed by atoms with E-state index in [4.69, 9.17) is 0 Å². The predicted molar refractivity (Wildman–Crippen MR) is 81.6 cm³/mol. The smallest absolute Gasteiger partial charge is 0.194 e. The summed E-state index contributed by atoms with van der Waals surface area (Å²) in [5.41, 5.74) is 2.18. The van der Waals surface area contributed by atoms with Gasteiger partial charge in [0.1, 0.15) is 12.2 Å². The van der Waals surface area contributed by atoms with Crippen molar-refractivity contribution in [2.75, 3.05) is 14.1 Å². The Kier molecular flexibility index (Phi) is 4.86. The van der Waals surface area contributed by atoms with Crippen molar-refractivity contribution < 1.29 is 0 Å². The zero-order chi connectivity index (χ0) is 15.2. The van der Waals surface area contributed by atoms with Crippen molar-refractivity contribution in [3.63, 3.8) is 0 Å². The molecule has 112 valence electrons. The normalized spacial score (nSPS) is 11.5. The third-order valence-corrected chi connectivity index (χ3v) is 3.29. The largest absolute Gasteiger partial charge is 0.351 e. The molecule has 21 heavy (non-hydrogen) atoms. The zero-order valence-corrected chi connectivity index (χ0v) is 12.9. The van der Waals surface area contributed by atoms with Crippen LogP contribution in [0, 0.1) is 6.92 Å². The molecule has 7 nitrogen and oxygen atoms in total. The Morgan fingerprint density at radius 1 is 1.43 bits per heavy atom. The Labute approximate surface area is 124 Å². The summed E-state index contributed by atoms with van der Waals surface area (Å²) >= 11 is 0. The fourth-order valence-corrected chi connectivity index (χ4v) is 2.00. The number of nitrogens with zero attached hydrogens (tertiary/aromatic N) is 6. The molecule has 0 aliphatic rings. The van der Waals surface area contributed by atoms with Crippen molar-refractivity contribution >= 4 is 5.96 Å². The molecule has 0 aromatic carbocycles. The topological polar surface area (TPSA) is 71.2 Å². The number of aryl methyl sites for hydroxylation is 2. The van der Waals surface area contributed by atoms with E-state index in [1.807, 2.05) is 25.1 Å². The molecule has 0 unspecified atom stereocenters. The van der Waals surface area contributed by atoms with Crippen LogP contribution in [0.25, 0.3) is 0 Å². The van der Waals surface area contributed by atoms with Crippen molar-refractivity contribution in [3.8, 4) is 0 Å². The lowest BCUT2D eigenvalue weighted by molar-refractivity contribution is 0.448. The molecule has 0 bridgehead atoms. The number of nitrogens with one attached hydrogen (secondary N) is 1. The first-order valence-electron chi connectivity index (χ1n) is 6.77. The predicted octanol–water partition coefficient (Wildman–Crippen LogP) is 0.726. The van der Waals surface area contributed by atoms with E-state index in [0.717, 1.165) is 23.0 Å². The number of aromatic nitrogens is 4. The van der Waals surface area contributed by atoms with Gasteiger partial charge in [0.25, 0.3) is 0 Å². The maximum atomic E-state index is 4.37. The van der Waals surface area contributed by atoms with Gasteiger partial charge in [0.15, 0.2) is 5.96 Å². The molecule has 0 aliphatic heterocycles. The van der Waals surface area contributed by atoms with E-state index in [2.05, 4.69) is 38.4 Å². The number of hydrogen-bond donors (Lipinski definition) is 1. The molecular weight excluding hydrogens is 266 g/mol. The molecule has 2 rings (SSSR count). The molecule has 2 aromatic heterocycles. The van der Waals surface area contributed by atoms with Crippen molar-refractivity contribution in [2.24, 2.45) is 12.0 Å². The van der Waals surface area contributed by atoms with Gasteiger partial charge in [-0.2, -0.15) is 5.10 Å². The molecule has 2 aromatic rings. The maximum absolute atomic E-state index is 4.37. The SMILES string of the molecule is CN=C(NCc1ncccc1C)N(C)Cc1ncnn1C. The monoisotopic (exact) mass is 287 g/mol. The Balaban J connectivity index is 1.97. The molecule has 0 amide bonds. The van der Waals surface area contributed by atoms with Gasteiger partial charge in [0.2, 0.25) is 0 Å². The van der Waals surface area contributed by atoms with Crippen LogP contribution < -0.4 is 5.32 Å². The molecule has 0 saturated carbocycles. The molecule has 1 N–H and O–H groups in total. The average molecular weight is 287 g/mol. The minimum Gasteiger partial charge on any atom is -0.351 e. The van der Waals surface area contributed by atoms with Crippen molar-refractivity contribution in [3.05, 3.63) is 41.7 Å². The number of aliphatic imine (C=N–C) groups is 1. The van der Waals surface area contributed by atoms with E-state index in [-0.39, 0.29) is 0 Å². The van der Waals surface area contributed by atoms with Crippen molar-refractivity contribution in [1.29, 1.82) is 0 Å². The molecule has 7 heteroatoms. The molecule has 0 spiro atoms. The molecule has 0 radical (unpaired) electrons. The lowest BCUT2D eigenvalue weighted by Crippen LogP contribution is -2.38. The first-order chi connectivity index (χ1) is 10.1. The van der Waals surface area contributed by atoms with Crippen LogP contribution in [0.5, 0.6) is 0 Å². The Morgan fingerprint density at radius 3 is 2.86 bits per heavy atom. The van der Waals surface area contributed by atoms with Crippen LogP contribution in [0.2, 0.25) is 0 Å².